The third-order valence-electron chi connectivity index (χ3n) is 2.14. The SMILES string of the molecule is CNC(=O)C(C)(C)CNc1nc(C)cs1. The maximum atomic E-state index is 11.5. The molecule has 15 heavy (non-hydrogen) atoms. The first kappa shape index (κ1) is 12.0. The standard InChI is InChI=1S/C10H17N3OS/c1-7-5-15-9(13-7)12-6-10(2,3)8(14)11-4/h5H,6H2,1-4H3,(H,11,14)(H,12,13). The van der Waals surface area contributed by atoms with Crippen molar-refractivity contribution >= 4 is 22.4 Å². The molecule has 5 heteroatoms. The molecule has 0 aliphatic heterocycles. The van der Waals surface area contributed by atoms with E-state index in [4.69, 9.17) is 0 Å². The fraction of sp³-hybridized carbons (Fsp3) is 0.600. The lowest BCUT2D eigenvalue weighted by atomic mass is 9.92. The number of aromatic nitrogens is 1. The number of amides is 1. The zero-order valence-corrected chi connectivity index (χ0v) is 10.4. The Morgan fingerprint density at radius 1 is 1.60 bits per heavy atom. The van der Waals surface area contributed by atoms with E-state index < -0.39 is 5.41 Å². The average Bonchev–Trinajstić information content (AvgIpc) is 2.60. The van der Waals surface area contributed by atoms with Crippen molar-refractivity contribution in [2.75, 3.05) is 18.9 Å². The van der Waals surface area contributed by atoms with Gasteiger partial charge in [0.1, 0.15) is 0 Å². The average molecular weight is 227 g/mol. The highest BCUT2D eigenvalue weighted by atomic mass is 32.1. The Morgan fingerprint density at radius 3 is 2.73 bits per heavy atom. The molecule has 0 saturated heterocycles. The topological polar surface area (TPSA) is 54.0 Å². The molecule has 84 valence electrons. The van der Waals surface area contributed by atoms with Crippen LogP contribution >= 0.6 is 11.3 Å². The quantitative estimate of drug-likeness (QED) is 0.822. The molecule has 1 rings (SSSR count). The summed E-state index contributed by atoms with van der Waals surface area (Å²) in [5.41, 5.74) is 0.578. The van der Waals surface area contributed by atoms with E-state index >= 15 is 0 Å². The van der Waals surface area contributed by atoms with Crippen LogP contribution in [-0.2, 0) is 4.79 Å². The third kappa shape index (κ3) is 3.20. The van der Waals surface area contributed by atoms with Crippen molar-refractivity contribution < 1.29 is 4.79 Å². The first-order valence-electron chi connectivity index (χ1n) is 4.84. The van der Waals surface area contributed by atoms with Crippen LogP contribution in [-0.4, -0.2) is 24.5 Å². The number of rotatable bonds is 4. The molecular formula is C10H17N3OS. The molecule has 4 nitrogen and oxygen atoms in total. The van der Waals surface area contributed by atoms with Crippen LogP contribution in [0.5, 0.6) is 0 Å². The minimum Gasteiger partial charge on any atom is -0.360 e. The van der Waals surface area contributed by atoms with E-state index in [0.29, 0.717) is 6.54 Å². The summed E-state index contributed by atoms with van der Waals surface area (Å²) < 4.78 is 0. The summed E-state index contributed by atoms with van der Waals surface area (Å²) in [6.07, 6.45) is 0. The van der Waals surface area contributed by atoms with Crippen molar-refractivity contribution in [2.45, 2.75) is 20.8 Å². The van der Waals surface area contributed by atoms with E-state index in [1.54, 1.807) is 18.4 Å². The molecule has 0 unspecified atom stereocenters. The Balaban J connectivity index is 2.53. The summed E-state index contributed by atoms with van der Waals surface area (Å²) in [6, 6.07) is 0. The fourth-order valence-electron chi connectivity index (χ4n) is 1.15. The predicted octanol–water partition coefficient (Wildman–Crippen LogP) is 1.64. The van der Waals surface area contributed by atoms with Gasteiger partial charge in [0.15, 0.2) is 5.13 Å². The molecule has 1 aromatic heterocycles. The lowest BCUT2D eigenvalue weighted by Gasteiger charge is -2.22. The summed E-state index contributed by atoms with van der Waals surface area (Å²) in [5.74, 6) is 0.0308. The summed E-state index contributed by atoms with van der Waals surface area (Å²) in [5, 5.41) is 8.66. The second-order valence-corrected chi connectivity index (χ2v) is 4.97. The van der Waals surface area contributed by atoms with Gasteiger partial charge in [0, 0.05) is 19.0 Å². The second kappa shape index (κ2) is 4.61. The molecule has 0 aliphatic carbocycles. The van der Waals surface area contributed by atoms with E-state index in [0.717, 1.165) is 10.8 Å². The van der Waals surface area contributed by atoms with Crippen LogP contribution in [0.1, 0.15) is 19.5 Å². The molecule has 0 spiro atoms. The maximum Gasteiger partial charge on any atom is 0.227 e. The Bertz CT molecular complexity index is 346. The van der Waals surface area contributed by atoms with Gasteiger partial charge in [-0.3, -0.25) is 4.79 Å². The maximum absolute atomic E-state index is 11.5. The Hall–Kier alpha value is -1.10. The zero-order valence-electron chi connectivity index (χ0n) is 9.55. The van der Waals surface area contributed by atoms with Crippen LogP contribution in [0.15, 0.2) is 5.38 Å². The second-order valence-electron chi connectivity index (χ2n) is 4.11. The molecule has 0 aliphatic rings. The first-order chi connectivity index (χ1) is 6.95. The van der Waals surface area contributed by atoms with Gasteiger partial charge in [-0.1, -0.05) is 0 Å². The largest absolute Gasteiger partial charge is 0.360 e. The molecule has 0 atom stereocenters. The molecule has 1 aromatic rings. The van der Waals surface area contributed by atoms with Crippen LogP contribution in [0.4, 0.5) is 5.13 Å². The zero-order chi connectivity index (χ0) is 11.5. The van der Waals surface area contributed by atoms with Crippen LogP contribution in [0.3, 0.4) is 0 Å². The Labute approximate surface area is 94.1 Å². The lowest BCUT2D eigenvalue weighted by Crippen LogP contribution is -2.39. The normalized spacial score (nSPS) is 11.2. The number of hydrogen-bond acceptors (Lipinski definition) is 4. The number of hydrogen-bond donors (Lipinski definition) is 2. The molecule has 2 N–H and O–H groups in total. The molecule has 1 amide bonds. The van der Waals surface area contributed by atoms with Gasteiger partial charge in [0.05, 0.1) is 11.1 Å². The lowest BCUT2D eigenvalue weighted by molar-refractivity contribution is -0.128. The number of nitrogens with one attached hydrogen (secondary N) is 2. The van der Waals surface area contributed by atoms with Gasteiger partial charge < -0.3 is 10.6 Å². The van der Waals surface area contributed by atoms with Gasteiger partial charge in [0.25, 0.3) is 0 Å². The Kier molecular flexibility index (Phi) is 3.68. The van der Waals surface area contributed by atoms with Gasteiger partial charge in [-0.15, -0.1) is 11.3 Å². The van der Waals surface area contributed by atoms with E-state index in [2.05, 4.69) is 15.6 Å². The van der Waals surface area contributed by atoms with Crippen molar-refractivity contribution in [2.24, 2.45) is 5.41 Å². The van der Waals surface area contributed by atoms with E-state index in [-0.39, 0.29) is 5.91 Å². The number of thiazole rings is 1. The first-order valence-corrected chi connectivity index (χ1v) is 5.72. The summed E-state index contributed by atoms with van der Waals surface area (Å²) in [4.78, 5) is 15.8. The molecular weight excluding hydrogens is 210 g/mol. The van der Waals surface area contributed by atoms with Crippen molar-refractivity contribution in [1.29, 1.82) is 0 Å². The number of carbonyl (C=O) groups is 1. The van der Waals surface area contributed by atoms with Crippen LogP contribution < -0.4 is 10.6 Å². The smallest absolute Gasteiger partial charge is 0.227 e. The molecule has 0 saturated carbocycles. The van der Waals surface area contributed by atoms with E-state index in [9.17, 15) is 4.79 Å². The minimum absolute atomic E-state index is 0.0308. The molecule has 0 fully saturated rings. The minimum atomic E-state index is -0.422. The van der Waals surface area contributed by atoms with Gasteiger partial charge in [-0.2, -0.15) is 0 Å². The highest BCUT2D eigenvalue weighted by Gasteiger charge is 2.26. The van der Waals surface area contributed by atoms with Crippen LogP contribution in [0.2, 0.25) is 0 Å². The van der Waals surface area contributed by atoms with E-state index in [1.807, 2.05) is 26.2 Å². The van der Waals surface area contributed by atoms with Crippen molar-refractivity contribution in [1.82, 2.24) is 10.3 Å². The highest BCUT2D eigenvalue weighted by molar-refractivity contribution is 7.13. The summed E-state index contributed by atoms with van der Waals surface area (Å²) in [7, 11) is 1.65. The monoisotopic (exact) mass is 227 g/mol. The van der Waals surface area contributed by atoms with Crippen LogP contribution in [0.25, 0.3) is 0 Å². The number of nitrogens with zero attached hydrogens (tertiary/aromatic N) is 1. The third-order valence-corrected chi connectivity index (χ3v) is 3.06. The summed E-state index contributed by atoms with van der Waals surface area (Å²) >= 11 is 1.56. The van der Waals surface area contributed by atoms with Crippen LogP contribution in [0, 0.1) is 12.3 Å². The fourth-order valence-corrected chi connectivity index (χ4v) is 1.84. The number of anilines is 1. The van der Waals surface area contributed by atoms with Gasteiger partial charge in [-0.05, 0) is 20.8 Å². The molecule has 0 radical (unpaired) electrons. The van der Waals surface area contributed by atoms with Crippen molar-refractivity contribution in [3.63, 3.8) is 0 Å². The van der Waals surface area contributed by atoms with Gasteiger partial charge >= 0.3 is 0 Å². The van der Waals surface area contributed by atoms with Gasteiger partial charge in [-0.25, -0.2) is 4.98 Å². The van der Waals surface area contributed by atoms with Crippen molar-refractivity contribution in [3.05, 3.63) is 11.1 Å². The van der Waals surface area contributed by atoms with E-state index in [1.165, 1.54) is 0 Å². The number of aryl methyl sites for hydroxylation is 1. The Morgan fingerprint density at radius 2 is 2.27 bits per heavy atom. The predicted molar refractivity (Wildman–Crippen MR) is 63.2 cm³/mol. The summed E-state index contributed by atoms with van der Waals surface area (Å²) in [6.45, 7) is 6.34. The molecule has 0 aromatic carbocycles. The highest BCUT2D eigenvalue weighted by Crippen LogP contribution is 2.19. The number of carbonyl (C=O) groups excluding carboxylic acids is 1. The molecule has 0 bridgehead atoms. The molecule has 1 heterocycles. The van der Waals surface area contributed by atoms with Gasteiger partial charge in [0.2, 0.25) is 5.91 Å². The van der Waals surface area contributed by atoms with Crippen molar-refractivity contribution in [3.8, 4) is 0 Å².